The number of aryl methyl sites for hydroxylation is 3. The molecule has 0 fully saturated rings. The van der Waals surface area contributed by atoms with Crippen LogP contribution in [-0.2, 0) is 6.61 Å². The maximum absolute atomic E-state index is 8.84. The lowest BCUT2D eigenvalue weighted by Gasteiger charge is -2.10. The Bertz CT molecular complexity index is 638. The van der Waals surface area contributed by atoms with E-state index in [1.807, 2.05) is 37.3 Å². The number of nitriles is 1. The summed E-state index contributed by atoms with van der Waals surface area (Å²) in [7, 11) is 0. The summed E-state index contributed by atoms with van der Waals surface area (Å²) in [6.45, 7) is 6.69. The van der Waals surface area contributed by atoms with Crippen LogP contribution in [0.3, 0.4) is 0 Å². The minimum absolute atomic E-state index is 0.528. The molecule has 0 N–H and O–H groups in total. The fraction of sp³-hybridized carbons (Fsp3) is 0.235. The van der Waals surface area contributed by atoms with Crippen molar-refractivity contribution in [2.24, 2.45) is 0 Å². The topological polar surface area (TPSA) is 33.0 Å². The zero-order valence-corrected chi connectivity index (χ0v) is 11.5. The van der Waals surface area contributed by atoms with E-state index in [9.17, 15) is 0 Å². The molecular weight excluding hydrogens is 234 g/mol. The fourth-order valence-electron chi connectivity index (χ4n) is 1.89. The Morgan fingerprint density at radius 2 is 1.74 bits per heavy atom. The van der Waals surface area contributed by atoms with Gasteiger partial charge in [0.15, 0.2) is 0 Å². The van der Waals surface area contributed by atoms with Crippen molar-refractivity contribution in [3.8, 4) is 11.8 Å². The summed E-state index contributed by atoms with van der Waals surface area (Å²) in [6.07, 6.45) is 0. The first-order chi connectivity index (χ1) is 9.10. The van der Waals surface area contributed by atoms with Crippen LogP contribution in [0, 0.1) is 32.1 Å². The van der Waals surface area contributed by atoms with Gasteiger partial charge in [0.25, 0.3) is 0 Å². The van der Waals surface area contributed by atoms with Crippen LogP contribution >= 0.6 is 0 Å². The van der Waals surface area contributed by atoms with Crippen LogP contribution in [0.1, 0.15) is 27.8 Å². The van der Waals surface area contributed by atoms with Gasteiger partial charge in [0.1, 0.15) is 12.4 Å². The van der Waals surface area contributed by atoms with Crippen LogP contribution in [0.2, 0.25) is 0 Å². The van der Waals surface area contributed by atoms with Crippen molar-refractivity contribution in [1.82, 2.24) is 0 Å². The molecule has 0 spiro atoms. The van der Waals surface area contributed by atoms with Gasteiger partial charge in [-0.3, -0.25) is 0 Å². The Kier molecular flexibility index (Phi) is 3.87. The fourth-order valence-corrected chi connectivity index (χ4v) is 1.89. The summed E-state index contributed by atoms with van der Waals surface area (Å²) in [4.78, 5) is 0. The summed E-state index contributed by atoms with van der Waals surface area (Å²) >= 11 is 0. The summed E-state index contributed by atoms with van der Waals surface area (Å²) in [5, 5.41) is 8.84. The Morgan fingerprint density at radius 3 is 2.37 bits per heavy atom. The Balaban J connectivity index is 2.10. The zero-order chi connectivity index (χ0) is 13.8. The highest BCUT2D eigenvalue weighted by atomic mass is 16.5. The van der Waals surface area contributed by atoms with Gasteiger partial charge in [0.2, 0.25) is 0 Å². The average Bonchev–Trinajstić information content (AvgIpc) is 2.41. The number of hydrogen-bond acceptors (Lipinski definition) is 2. The SMILES string of the molecule is Cc1ccc(OCc2ccc(C#N)cc2C)cc1C. The van der Waals surface area contributed by atoms with Crippen molar-refractivity contribution in [3.63, 3.8) is 0 Å². The molecule has 0 aliphatic carbocycles. The lowest BCUT2D eigenvalue weighted by molar-refractivity contribution is 0.305. The van der Waals surface area contributed by atoms with E-state index in [1.165, 1.54) is 11.1 Å². The Morgan fingerprint density at radius 1 is 0.947 bits per heavy atom. The predicted molar refractivity (Wildman–Crippen MR) is 76.1 cm³/mol. The van der Waals surface area contributed by atoms with Crippen LogP contribution in [-0.4, -0.2) is 0 Å². The Hall–Kier alpha value is -2.27. The van der Waals surface area contributed by atoms with E-state index in [0.717, 1.165) is 16.9 Å². The highest BCUT2D eigenvalue weighted by Crippen LogP contribution is 2.19. The predicted octanol–water partition coefficient (Wildman–Crippen LogP) is 4.06. The number of ether oxygens (including phenoxy) is 1. The monoisotopic (exact) mass is 251 g/mol. The van der Waals surface area contributed by atoms with Gasteiger partial charge in [-0.05, 0) is 67.3 Å². The molecule has 2 nitrogen and oxygen atoms in total. The van der Waals surface area contributed by atoms with E-state index in [-0.39, 0.29) is 0 Å². The lowest BCUT2D eigenvalue weighted by atomic mass is 10.1. The van der Waals surface area contributed by atoms with Gasteiger partial charge in [0.05, 0.1) is 11.6 Å². The van der Waals surface area contributed by atoms with Gasteiger partial charge in [-0.1, -0.05) is 12.1 Å². The summed E-state index contributed by atoms with van der Waals surface area (Å²) in [5.74, 6) is 0.881. The van der Waals surface area contributed by atoms with Crippen LogP contribution in [0.25, 0.3) is 0 Å². The van der Waals surface area contributed by atoms with E-state index in [2.05, 4.69) is 26.0 Å². The van der Waals surface area contributed by atoms with E-state index in [0.29, 0.717) is 12.2 Å². The first kappa shape index (κ1) is 13.2. The van der Waals surface area contributed by atoms with E-state index in [4.69, 9.17) is 10.00 Å². The van der Waals surface area contributed by atoms with Crippen molar-refractivity contribution in [2.75, 3.05) is 0 Å². The van der Waals surface area contributed by atoms with Crippen molar-refractivity contribution in [1.29, 1.82) is 5.26 Å². The summed E-state index contributed by atoms with van der Waals surface area (Å²) < 4.78 is 5.80. The molecule has 0 heterocycles. The Labute approximate surface area is 114 Å². The molecule has 2 aromatic rings. The van der Waals surface area contributed by atoms with Gasteiger partial charge < -0.3 is 4.74 Å². The highest BCUT2D eigenvalue weighted by molar-refractivity contribution is 5.38. The molecule has 19 heavy (non-hydrogen) atoms. The quantitative estimate of drug-likeness (QED) is 0.824. The maximum Gasteiger partial charge on any atom is 0.120 e. The normalized spacial score (nSPS) is 10.0. The standard InChI is InChI=1S/C17H17NO/c1-12-4-7-17(9-13(12)2)19-11-16-6-5-15(10-18)8-14(16)3/h4-9H,11H2,1-3H3. The maximum atomic E-state index is 8.84. The number of nitrogens with zero attached hydrogens (tertiary/aromatic N) is 1. The second-order valence-corrected chi connectivity index (χ2v) is 4.79. The average molecular weight is 251 g/mol. The third-order valence-corrected chi connectivity index (χ3v) is 3.34. The molecule has 2 rings (SSSR count). The molecule has 96 valence electrons. The van der Waals surface area contributed by atoms with Crippen LogP contribution in [0.5, 0.6) is 5.75 Å². The summed E-state index contributed by atoms with van der Waals surface area (Å²) in [6, 6.07) is 13.9. The van der Waals surface area contributed by atoms with E-state index in [1.54, 1.807) is 0 Å². The molecule has 0 bridgehead atoms. The number of rotatable bonds is 3. The second-order valence-electron chi connectivity index (χ2n) is 4.79. The van der Waals surface area contributed by atoms with Crippen LogP contribution in [0.15, 0.2) is 36.4 Å². The van der Waals surface area contributed by atoms with Crippen molar-refractivity contribution in [2.45, 2.75) is 27.4 Å². The molecule has 0 unspecified atom stereocenters. The first-order valence-corrected chi connectivity index (χ1v) is 6.30. The molecule has 0 saturated carbocycles. The third-order valence-electron chi connectivity index (χ3n) is 3.34. The van der Waals surface area contributed by atoms with Crippen molar-refractivity contribution >= 4 is 0 Å². The van der Waals surface area contributed by atoms with Gasteiger partial charge in [-0.15, -0.1) is 0 Å². The lowest BCUT2D eigenvalue weighted by Crippen LogP contribution is -1.98. The van der Waals surface area contributed by atoms with E-state index < -0.39 is 0 Å². The van der Waals surface area contributed by atoms with Crippen LogP contribution in [0.4, 0.5) is 0 Å². The van der Waals surface area contributed by atoms with Crippen LogP contribution < -0.4 is 4.74 Å². The molecular formula is C17H17NO. The molecule has 2 aromatic carbocycles. The van der Waals surface area contributed by atoms with Crippen molar-refractivity contribution in [3.05, 3.63) is 64.2 Å². The molecule has 0 amide bonds. The third kappa shape index (κ3) is 3.14. The van der Waals surface area contributed by atoms with Crippen molar-refractivity contribution < 1.29 is 4.74 Å². The van der Waals surface area contributed by atoms with E-state index >= 15 is 0 Å². The van der Waals surface area contributed by atoms with Gasteiger partial charge in [-0.2, -0.15) is 5.26 Å². The minimum Gasteiger partial charge on any atom is -0.489 e. The smallest absolute Gasteiger partial charge is 0.120 e. The second kappa shape index (κ2) is 5.58. The van der Waals surface area contributed by atoms with Gasteiger partial charge >= 0.3 is 0 Å². The molecule has 0 aliphatic rings. The summed E-state index contributed by atoms with van der Waals surface area (Å²) in [5.41, 5.74) is 5.38. The molecule has 0 aliphatic heterocycles. The first-order valence-electron chi connectivity index (χ1n) is 6.30. The highest BCUT2D eigenvalue weighted by Gasteiger charge is 2.02. The molecule has 0 radical (unpaired) electrons. The largest absolute Gasteiger partial charge is 0.489 e. The van der Waals surface area contributed by atoms with Gasteiger partial charge in [-0.25, -0.2) is 0 Å². The molecule has 0 saturated heterocycles. The molecule has 0 aromatic heterocycles. The number of hydrogen-bond donors (Lipinski definition) is 0. The number of benzene rings is 2. The molecule has 2 heteroatoms. The zero-order valence-electron chi connectivity index (χ0n) is 11.5. The van der Waals surface area contributed by atoms with Gasteiger partial charge in [0, 0.05) is 0 Å². The molecule has 0 atom stereocenters. The minimum atomic E-state index is 0.528.